The zero-order valence-corrected chi connectivity index (χ0v) is 13.9. The number of methoxy groups -OCH3 is 1. The van der Waals surface area contributed by atoms with E-state index in [0.717, 1.165) is 0 Å². The Balaban J connectivity index is 1.66. The van der Waals surface area contributed by atoms with E-state index in [4.69, 9.17) is 20.8 Å². The first kappa shape index (κ1) is 16.4. The van der Waals surface area contributed by atoms with Gasteiger partial charge in [-0.3, -0.25) is 9.59 Å². The molecule has 0 unspecified atom stereocenters. The molecule has 1 aliphatic heterocycles. The zero-order chi connectivity index (χ0) is 17.1. The number of benzene rings is 1. The summed E-state index contributed by atoms with van der Waals surface area (Å²) < 4.78 is 10.5. The molecule has 1 aliphatic rings. The third-order valence-electron chi connectivity index (χ3n) is 3.93. The molecule has 2 heterocycles. The van der Waals surface area contributed by atoms with Crippen molar-refractivity contribution in [1.82, 2.24) is 4.90 Å². The fourth-order valence-electron chi connectivity index (χ4n) is 2.70. The van der Waals surface area contributed by atoms with Crippen molar-refractivity contribution < 1.29 is 18.7 Å². The molecule has 24 heavy (non-hydrogen) atoms. The molecule has 126 valence electrons. The normalized spacial score (nSPS) is 17.2. The summed E-state index contributed by atoms with van der Waals surface area (Å²) in [6.45, 7) is 0.727. The molecular weight excluding hydrogens is 332 g/mol. The van der Waals surface area contributed by atoms with Gasteiger partial charge in [-0.2, -0.15) is 0 Å². The number of anilines is 1. The van der Waals surface area contributed by atoms with E-state index >= 15 is 0 Å². The van der Waals surface area contributed by atoms with Crippen LogP contribution < -0.4 is 10.1 Å². The second kappa shape index (κ2) is 6.97. The molecule has 1 aromatic carbocycles. The minimum atomic E-state index is -0.420. The van der Waals surface area contributed by atoms with Crippen molar-refractivity contribution in [3.8, 4) is 5.75 Å². The number of likely N-dealkylation sites (tertiary alicyclic amines) is 1. The SMILES string of the molecule is COc1ccc(Cl)cc1NC(=O)[C@H]1CC(=O)N(Cc2ccco2)C1. The van der Waals surface area contributed by atoms with Crippen LogP contribution in [0.4, 0.5) is 5.69 Å². The van der Waals surface area contributed by atoms with Gasteiger partial charge in [-0.1, -0.05) is 11.6 Å². The Morgan fingerprint density at radius 1 is 1.46 bits per heavy atom. The summed E-state index contributed by atoms with van der Waals surface area (Å²) in [6, 6.07) is 8.56. The van der Waals surface area contributed by atoms with E-state index in [0.29, 0.717) is 35.3 Å². The predicted molar refractivity (Wildman–Crippen MR) is 88.9 cm³/mol. The first-order chi connectivity index (χ1) is 11.6. The quantitative estimate of drug-likeness (QED) is 0.901. The molecule has 3 rings (SSSR count). The van der Waals surface area contributed by atoms with Gasteiger partial charge in [-0.05, 0) is 30.3 Å². The van der Waals surface area contributed by atoms with Crippen LogP contribution in [0.15, 0.2) is 41.0 Å². The van der Waals surface area contributed by atoms with Crippen molar-refractivity contribution in [2.24, 2.45) is 5.92 Å². The van der Waals surface area contributed by atoms with Gasteiger partial charge in [0.2, 0.25) is 11.8 Å². The molecule has 7 heteroatoms. The van der Waals surface area contributed by atoms with Crippen LogP contribution >= 0.6 is 11.6 Å². The molecule has 1 fully saturated rings. The topological polar surface area (TPSA) is 71.8 Å². The maximum Gasteiger partial charge on any atom is 0.229 e. The molecule has 0 bridgehead atoms. The number of amides is 2. The molecule has 1 N–H and O–H groups in total. The van der Waals surface area contributed by atoms with Crippen LogP contribution in [0.25, 0.3) is 0 Å². The van der Waals surface area contributed by atoms with Crippen LogP contribution in [0.2, 0.25) is 5.02 Å². The lowest BCUT2D eigenvalue weighted by atomic mass is 10.1. The highest BCUT2D eigenvalue weighted by molar-refractivity contribution is 6.31. The average molecular weight is 349 g/mol. The standard InChI is InChI=1S/C17H17ClN2O4/c1-23-15-5-4-12(18)8-14(15)19-17(22)11-7-16(21)20(9-11)10-13-3-2-6-24-13/h2-6,8,11H,7,9-10H2,1H3,(H,19,22)/t11-/m0/s1. The van der Waals surface area contributed by atoms with Crippen molar-refractivity contribution in [1.29, 1.82) is 0 Å². The number of hydrogen-bond donors (Lipinski definition) is 1. The van der Waals surface area contributed by atoms with Crippen molar-refractivity contribution in [3.63, 3.8) is 0 Å². The summed E-state index contributed by atoms with van der Waals surface area (Å²) in [5.41, 5.74) is 0.493. The third kappa shape index (κ3) is 3.54. The summed E-state index contributed by atoms with van der Waals surface area (Å²) in [5.74, 6) is 0.497. The monoisotopic (exact) mass is 348 g/mol. The van der Waals surface area contributed by atoms with Crippen molar-refractivity contribution >= 4 is 29.1 Å². The van der Waals surface area contributed by atoms with Crippen LogP contribution in [-0.2, 0) is 16.1 Å². The summed E-state index contributed by atoms with van der Waals surface area (Å²) in [5, 5.41) is 3.29. The highest BCUT2D eigenvalue weighted by Crippen LogP contribution is 2.29. The number of halogens is 1. The van der Waals surface area contributed by atoms with Gasteiger partial charge in [0, 0.05) is 18.0 Å². The highest BCUT2D eigenvalue weighted by atomic mass is 35.5. The molecule has 1 saturated heterocycles. The lowest BCUT2D eigenvalue weighted by molar-refractivity contribution is -0.128. The lowest BCUT2D eigenvalue weighted by Gasteiger charge is -2.16. The van der Waals surface area contributed by atoms with Crippen LogP contribution in [-0.4, -0.2) is 30.4 Å². The maximum atomic E-state index is 12.5. The number of carbonyl (C=O) groups excluding carboxylic acids is 2. The van der Waals surface area contributed by atoms with Gasteiger partial charge in [-0.25, -0.2) is 0 Å². The van der Waals surface area contributed by atoms with Gasteiger partial charge in [0.1, 0.15) is 11.5 Å². The molecule has 1 atom stereocenters. The van der Waals surface area contributed by atoms with E-state index in [1.807, 2.05) is 0 Å². The van der Waals surface area contributed by atoms with Crippen LogP contribution in [0.1, 0.15) is 12.2 Å². The Hall–Kier alpha value is -2.47. The van der Waals surface area contributed by atoms with E-state index in [9.17, 15) is 9.59 Å². The van der Waals surface area contributed by atoms with Gasteiger partial charge in [-0.15, -0.1) is 0 Å². The Labute approximate surface area is 144 Å². The van der Waals surface area contributed by atoms with E-state index in [1.165, 1.54) is 7.11 Å². The minimum absolute atomic E-state index is 0.0652. The molecule has 2 amide bonds. The molecule has 2 aromatic rings. The number of carbonyl (C=O) groups is 2. The smallest absolute Gasteiger partial charge is 0.229 e. The first-order valence-electron chi connectivity index (χ1n) is 7.51. The van der Waals surface area contributed by atoms with Crippen molar-refractivity contribution in [2.75, 3.05) is 19.0 Å². The van der Waals surface area contributed by atoms with E-state index in [-0.39, 0.29) is 18.2 Å². The molecule has 0 spiro atoms. The number of ether oxygens (including phenoxy) is 1. The zero-order valence-electron chi connectivity index (χ0n) is 13.1. The first-order valence-corrected chi connectivity index (χ1v) is 7.89. The Morgan fingerprint density at radius 3 is 3.00 bits per heavy atom. The Morgan fingerprint density at radius 2 is 2.29 bits per heavy atom. The summed E-state index contributed by atoms with van der Waals surface area (Å²) >= 11 is 5.96. The van der Waals surface area contributed by atoms with Gasteiger partial charge in [0.15, 0.2) is 0 Å². The second-order valence-electron chi connectivity index (χ2n) is 5.59. The van der Waals surface area contributed by atoms with E-state index in [2.05, 4.69) is 5.32 Å². The highest BCUT2D eigenvalue weighted by Gasteiger charge is 2.34. The maximum absolute atomic E-state index is 12.5. The summed E-state index contributed by atoms with van der Waals surface area (Å²) in [6.07, 6.45) is 1.74. The van der Waals surface area contributed by atoms with Crippen LogP contribution in [0.5, 0.6) is 5.75 Å². The Bertz CT molecular complexity index is 745. The Kier molecular flexibility index (Phi) is 4.76. The fourth-order valence-corrected chi connectivity index (χ4v) is 2.88. The molecule has 0 saturated carbocycles. The molecule has 1 aromatic heterocycles. The average Bonchev–Trinajstić information content (AvgIpc) is 3.18. The largest absolute Gasteiger partial charge is 0.495 e. The second-order valence-corrected chi connectivity index (χ2v) is 6.02. The summed E-state index contributed by atoms with van der Waals surface area (Å²) in [7, 11) is 1.52. The van der Waals surface area contributed by atoms with Gasteiger partial charge >= 0.3 is 0 Å². The predicted octanol–water partition coefficient (Wildman–Crippen LogP) is 2.93. The number of rotatable bonds is 5. The molecule has 6 nitrogen and oxygen atoms in total. The van der Waals surface area contributed by atoms with Crippen molar-refractivity contribution in [3.05, 3.63) is 47.4 Å². The molecule has 0 aliphatic carbocycles. The third-order valence-corrected chi connectivity index (χ3v) is 4.17. The lowest BCUT2D eigenvalue weighted by Crippen LogP contribution is -2.28. The number of hydrogen-bond acceptors (Lipinski definition) is 4. The number of nitrogens with one attached hydrogen (secondary N) is 1. The van der Waals surface area contributed by atoms with Gasteiger partial charge in [0.05, 0.1) is 31.5 Å². The van der Waals surface area contributed by atoms with E-state index < -0.39 is 5.92 Å². The minimum Gasteiger partial charge on any atom is -0.495 e. The van der Waals surface area contributed by atoms with Crippen LogP contribution in [0, 0.1) is 5.92 Å². The van der Waals surface area contributed by atoms with Crippen molar-refractivity contribution in [2.45, 2.75) is 13.0 Å². The summed E-state index contributed by atoms with van der Waals surface area (Å²) in [4.78, 5) is 26.2. The molecule has 0 radical (unpaired) electrons. The van der Waals surface area contributed by atoms with Gasteiger partial charge in [0.25, 0.3) is 0 Å². The number of nitrogens with zero attached hydrogens (tertiary/aromatic N) is 1. The van der Waals surface area contributed by atoms with Gasteiger partial charge < -0.3 is 19.4 Å². The fraction of sp³-hybridized carbons (Fsp3) is 0.294. The van der Waals surface area contributed by atoms with E-state index in [1.54, 1.807) is 41.5 Å². The van der Waals surface area contributed by atoms with Crippen LogP contribution in [0.3, 0.4) is 0 Å². The number of furan rings is 1. The molecular formula is C17H17ClN2O4.